The minimum Gasteiger partial charge on any atom is -0.108 e. The van der Waals surface area contributed by atoms with Gasteiger partial charge < -0.3 is 0 Å². The Balaban J connectivity index is 3.07. The molecular weight excluding hydrogens is 300 g/mol. The number of rotatable bonds is 14. The summed E-state index contributed by atoms with van der Waals surface area (Å²) in [7, 11) is 0. The summed E-state index contributed by atoms with van der Waals surface area (Å²) in [6, 6.07) is 0. The summed E-state index contributed by atoms with van der Waals surface area (Å²) in [5.74, 6) is 2.44. The summed E-state index contributed by atoms with van der Waals surface area (Å²) < 4.78 is 1.16. The standard InChI is InChI=1S/C17H34S3/c1-3-5-7-8-9-10-11-12-13-14-16-20-17(18)19-15-6-4-2/h3-16H2,1-2H3. The number of unbranched alkanes of at least 4 members (excludes halogenated alkanes) is 10. The maximum absolute atomic E-state index is 5.36. The maximum atomic E-state index is 5.36. The van der Waals surface area contributed by atoms with Crippen LogP contribution in [-0.2, 0) is 0 Å². The van der Waals surface area contributed by atoms with E-state index < -0.39 is 0 Å². The molecule has 0 amide bonds. The highest BCUT2D eigenvalue weighted by Gasteiger charge is 1.98. The Labute approximate surface area is 141 Å². The minimum absolute atomic E-state index is 1.16. The van der Waals surface area contributed by atoms with Gasteiger partial charge in [-0.2, -0.15) is 0 Å². The molecule has 0 saturated carbocycles. The first-order chi connectivity index (χ1) is 9.81. The number of hydrogen-bond acceptors (Lipinski definition) is 3. The molecule has 0 radical (unpaired) electrons. The molecule has 0 atom stereocenters. The molecule has 0 saturated heterocycles. The Morgan fingerprint density at radius 3 is 1.50 bits per heavy atom. The van der Waals surface area contributed by atoms with Crippen LogP contribution >= 0.6 is 35.7 Å². The van der Waals surface area contributed by atoms with E-state index in [0.29, 0.717) is 0 Å². The van der Waals surface area contributed by atoms with Gasteiger partial charge in [-0.05, 0) is 24.3 Å². The van der Waals surface area contributed by atoms with E-state index in [2.05, 4.69) is 13.8 Å². The van der Waals surface area contributed by atoms with E-state index >= 15 is 0 Å². The van der Waals surface area contributed by atoms with Gasteiger partial charge in [0.15, 0.2) is 0 Å². The van der Waals surface area contributed by atoms with Crippen LogP contribution in [0.1, 0.15) is 90.9 Å². The largest absolute Gasteiger partial charge is 0.108 e. The van der Waals surface area contributed by atoms with Crippen LogP contribution in [-0.4, -0.2) is 15.0 Å². The molecule has 20 heavy (non-hydrogen) atoms. The van der Waals surface area contributed by atoms with Gasteiger partial charge in [0.25, 0.3) is 0 Å². The van der Waals surface area contributed by atoms with E-state index in [1.807, 2.05) is 23.5 Å². The van der Waals surface area contributed by atoms with Gasteiger partial charge in [0, 0.05) is 0 Å². The van der Waals surface area contributed by atoms with Gasteiger partial charge >= 0.3 is 0 Å². The SMILES string of the molecule is CCCCCCCCCCCCSC(=S)SCCCC. The molecule has 0 fully saturated rings. The lowest BCUT2D eigenvalue weighted by atomic mass is 10.1. The van der Waals surface area contributed by atoms with Gasteiger partial charge in [-0.15, -0.1) is 23.5 Å². The van der Waals surface area contributed by atoms with Crippen molar-refractivity contribution in [3.8, 4) is 0 Å². The molecule has 0 rings (SSSR count). The zero-order valence-electron chi connectivity index (χ0n) is 13.6. The molecule has 0 unspecified atom stereocenters. The summed E-state index contributed by atoms with van der Waals surface area (Å²) >= 11 is 9.14. The van der Waals surface area contributed by atoms with Gasteiger partial charge in [0.1, 0.15) is 3.53 Å². The molecule has 0 aromatic rings. The van der Waals surface area contributed by atoms with Crippen molar-refractivity contribution in [1.82, 2.24) is 0 Å². The van der Waals surface area contributed by atoms with Gasteiger partial charge in [-0.3, -0.25) is 0 Å². The predicted molar refractivity (Wildman–Crippen MR) is 104 cm³/mol. The Kier molecular flexibility index (Phi) is 18.5. The first-order valence-electron chi connectivity index (χ1n) is 8.60. The van der Waals surface area contributed by atoms with Crippen LogP contribution in [0.2, 0.25) is 0 Å². The summed E-state index contributed by atoms with van der Waals surface area (Å²) in [4.78, 5) is 0. The Hall–Kier alpha value is 0.790. The van der Waals surface area contributed by atoms with Crippen LogP contribution in [0.5, 0.6) is 0 Å². The highest BCUT2D eigenvalue weighted by Crippen LogP contribution is 2.20. The number of thioether (sulfide) groups is 2. The second kappa shape index (κ2) is 17.8. The number of hydrogen-bond donors (Lipinski definition) is 0. The van der Waals surface area contributed by atoms with Crippen molar-refractivity contribution in [1.29, 1.82) is 0 Å². The fourth-order valence-corrected chi connectivity index (χ4v) is 4.53. The highest BCUT2D eigenvalue weighted by molar-refractivity contribution is 8.47. The van der Waals surface area contributed by atoms with Crippen LogP contribution in [0.3, 0.4) is 0 Å². The summed E-state index contributed by atoms with van der Waals surface area (Å²) in [5.41, 5.74) is 0. The van der Waals surface area contributed by atoms with E-state index in [4.69, 9.17) is 12.2 Å². The summed E-state index contributed by atoms with van der Waals surface area (Å²) in [6.45, 7) is 4.52. The molecule has 0 nitrogen and oxygen atoms in total. The second-order valence-corrected chi connectivity index (χ2v) is 8.88. The van der Waals surface area contributed by atoms with Crippen molar-refractivity contribution < 1.29 is 0 Å². The van der Waals surface area contributed by atoms with Crippen LogP contribution in [0.25, 0.3) is 0 Å². The fourth-order valence-electron chi connectivity index (χ4n) is 2.09. The first-order valence-corrected chi connectivity index (χ1v) is 11.0. The average molecular weight is 335 g/mol. The molecule has 0 aromatic carbocycles. The van der Waals surface area contributed by atoms with Crippen molar-refractivity contribution in [3.63, 3.8) is 0 Å². The van der Waals surface area contributed by atoms with Crippen LogP contribution < -0.4 is 0 Å². The van der Waals surface area contributed by atoms with Crippen LogP contribution in [0.15, 0.2) is 0 Å². The van der Waals surface area contributed by atoms with Crippen molar-refractivity contribution in [2.75, 3.05) is 11.5 Å². The molecule has 0 bridgehead atoms. The van der Waals surface area contributed by atoms with Gasteiger partial charge in [0.05, 0.1) is 0 Å². The smallest absolute Gasteiger partial charge is 0.104 e. The maximum Gasteiger partial charge on any atom is 0.104 e. The van der Waals surface area contributed by atoms with Crippen LogP contribution in [0.4, 0.5) is 0 Å². The molecule has 0 spiro atoms. The van der Waals surface area contributed by atoms with E-state index in [0.717, 1.165) is 3.53 Å². The Bertz CT molecular complexity index is 204. The highest BCUT2D eigenvalue weighted by atomic mass is 32.2. The molecule has 0 aromatic heterocycles. The van der Waals surface area contributed by atoms with Crippen molar-refractivity contribution in [2.45, 2.75) is 90.9 Å². The topological polar surface area (TPSA) is 0 Å². The van der Waals surface area contributed by atoms with Crippen molar-refractivity contribution in [2.24, 2.45) is 0 Å². The fraction of sp³-hybridized carbons (Fsp3) is 0.941. The van der Waals surface area contributed by atoms with E-state index in [-0.39, 0.29) is 0 Å². The van der Waals surface area contributed by atoms with Gasteiger partial charge in [-0.1, -0.05) is 90.3 Å². The molecule has 0 aliphatic heterocycles. The third kappa shape index (κ3) is 16.8. The lowest BCUT2D eigenvalue weighted by molar-refractivity contribution is 0.563. The monoisotopic (exact) mass is 334 g/mol. The lowest BCUT2D eigenvalue weighted by Gasteiger charge is -2.04. The van der Waals surface area contributed by atoms with Gasteiger partial charge in [-0.25, -0.2) is 0 Å². The van der Waals surface area contributed by atoms with E-state index in [9.17, 15) is 0 Å². The summed E-state index contributed by atoms with van der Waals surface area (Å²) in [6.07, 6.45) is 16.7. The van der Waals surface area contributed by atoms with E-state index in [1.165, 1.54) is 88.6 Å². The van der Waals surface area contributed by atoms with E-state index in [1.54, 1.807) is 0 Å². The van der Waals surface area contributed by atoms with Gasteiger partial charge in [0.2, 0.25) is 0 Å². The predicted octanol–water partition coefficient (Wildman–Crippen LogP) is 7.46. The molecular formula is C17H34S3. The average Bonchev–Trinajstić information content (AvgIpc) is 2.45. The number of thiocarbonyl (C=S) groups is 1. The van der Waals surface area contributed by atoms with Crippen molar-refractivity contribution >= 4 is 39.3 Å². The lowest BCUT2D eigenvalue weighted by Crippen LogP contribution is -1.88. The molecule has 0 aliphatic rings. The Morgan fingerprint density at radius 2 is 1.00 bits per heavy atom. The third-order valence-corrected chi connectivity index (χ3v) is 6.31. The first kappa shape index (κ1) is 20.8. The molecule has 0 aliphatic carbocycles. The zero-order chi connectivity index (χ0) is 14.9. The minimum atomic E-state index is 1.16. The summed E-state index contributed by atoms with van der Waals surface area (Å²) in [5, 5.41) is 0. The Morgan fingerprint density at radius 1 is 0.600 bits per heavy atom. The molecule has 0 heterocycles. The quantitative estimate of drug-likeness (QED) is 0.239. The third-order valence-electron chi connectivity index (χ3n) is 3.44. The second-order valence-electron chi connectivity index (χ2n) is 5.48. The van der Waals surface area contributed by atoms with Crippen LogP contribution in [0, 0.1) is 0 Å². The normalized spacial score (nSPS) is 10.9. The molecule has 0 N–H and O–H groups in total. The molecule has 120 valence electrons. The molecule has 3 heteroatoms. The van der Waals surface area contributed by atoms with Crippen molar-refractivity contribution in [3.05, 3.63) is 0 Å². The zero-order valence-corrected chi connectivity index (χ0v) is 16.1.